The van der Waals surface area contributed by atoms with Crippen molar-refractivity contribution in [2.45, 2.75) is 57.5 Å². The normalized spacial score (nSPS) is 18.2. The van der Waals surface area contributed by atoms with Crippen molar-refractivity contribution in [1.82, 2.24) is 10.2 Å². The Labute approximate surface area is 126 Å². The Morgan fingerprint density at radius 3 is 2.48 bits per heavy atom. The molecule has 1 atom stereocenters. The molecule has 2 amide bonds. The summed E-state index contributed by atoms with van der Waals surface area (Å²) >= 11 is 0. The lowest BCUT2D eigenvalue weighted by molar-refractivity contribution is -0.137. The lowest BCUT2D eigenvalue weighted by atomic mass is 10.0. The number of aliphatic carboxylic acids is 1. The van der Waals surface area contributed by atoms with Crippen LogP contribution in [0.5, 0.6) is 0 Å². The second-order valence-electron chi connectivity index (χ2n) is 6.35. The van der Waals surface area contributed by atoms with Crippen molar-refractivity contribution >= 4 is 12.0 Å². The number of hydrogen-bond donors (Lipinski definition) is 3. The first-order chi connectivity index (χ1) is 9.82. The van der Waals surface area contributed by atoms with E-state index >= 15 is 0 Å². The molecular weight excluding hydrogens is 272 g/mol. The van der Waals surface area contributed by atoms with E-state index in [1.807, 2.05) is 6.92 Å². The Morgan fingerprint density at radius 2 is 1.90 bits per heavy atom. The fourth-order valence-electron chi connectivity index (χ4n) is 2.78. The van der Waals surface area contributed by atoms with Gasteiger partial charge in [0.25, 0.3) is 0 Å². The van der Waals surface area contributed by atoms with E-state index in [4.69, 9.17) is 5.11 Å². The maximum Gasteiger partial charge on any atom is 0.317 e. The molecule has 0 bridgehead atoms. The van der Waals surface area contributed by atoms with Crippen molar-refractivity contribution in [3.63, 3.8) is 0 Å². The van der Waals surface area contributed by atoms with Gasteiger partial charge < -0.3 is 20.4 Å². The number of amides is 2. The minimum absolute atomic E-state index is 0.169. The van der Waals surface area contributed by atoms with Crippen LogP contribution < -0.4 is 5.32 Å². The van der Waals surface area contributed by atoms with E-state index in [0.29, 0.717) is 19.5 Å². The molecule has 0 radical (unpaired) electrons. The molecule has 122 valence electrons. The zero-order valence-corrected chi connectivity index (χ0v) is 13.1. The molecule has 0 aromatic rings. The average Bonchev–Trinajstić information content (AvgIpc) is 2.82. The molecule has 21 heavy (non-hydrogen) atoms. The van der Waals surface area contributed by atoms with Crippen LogP contribution in [0.3, 0.4) is 0 Å². The minimum atomic E-state index is -0.782. The molecule has 0 aliphatic heterocycles. The standard InChI is InChI=1S/C15H28N2O4/c1-12(5-6-13(18)19)7-10-16-14(20)17(2)11-15(21)8-3-4-9-15/h12,21H,3-11H2,1-2H3,(H,16,20)(H,18,19). The van der Waals surface area contributed by atoms with Crippen molar-refractivity contribution in [3.8, 4) is 0 Å². The smallest absolute Gasteiger partial charge is 0.317 e. The third kappa shape index (κ3) is 6.80. The van der Waals surface area contributed by atoms with Gasteiger partial charge in [-0.1, -0.05) is 19.8 Å². The quantitative estimate of drug-likeness (QED) is 0.638. The number of rotatable bonds is 8. The Morgan fingerprint density at radius 1 is 1.29 bits per heavy atom. The van der Waals surface area contributed by atoms with E-state index in [-0.39, 0.29) is 18.4 Å². The number of urea groups is 1. The maximum absolute atomic E-state index is 11.9. The predicted octanol–water partition coefficient (Wildman–Crippen LogP) is 1.82. The van der Waals surface area contributed by atoms with Gasteiger partial charge in [-0.05, 0) is 31.6 Å². The van der Waals surface area contributed by atoms with Crippen LogP contribution in [0.4, 0.5) is 4.79 Å². The van der Waals surface area contributed by atoms with Gasteiger partial charge in [0, 0.05) is 20.0 Å². The number of aliphatic hydroxyl groups is 1. The Bertz CT molecular complexity index is 354. The molecular formula is C15H28N2O4. The third-order valence-electron chi connectivity index (χ3n) is 4.18. The van der Waals surface area contributed by atoms with E-state index in [1.54, 1.807) is 7.05 Å². The number of carboxylic acid groups (broad SMARTS) is 1. The van der Waals surface area contributed by atoms with Crippen LogP contribution in [0.25, 0.3) is 0 Å². The molecule has 3 N–H and O–H groups in total. The molecule has 1 unspecified atom stereocenters. The van der Waals surface area contributed by atoms with Gasteiger partial charge in [0.15, 0.2) is 0 Å². The van der Waals surface area contributed by atoms with Gasteiger partial charge in [-0.3, -0.25) is 4.79 Å². The van der Waals surface area contributed by atoms with E-state index in [9.17, 15) is 14.7 Å². The number of likely N-dealkylation sites (N-methyl/N-ethyl adjacent to an activating group) is 1. The number of carboxylic acids is 1. The van der Waals surface area contributed by atoms with Crippen molar-refractivity contribution in [2.24, 2.45) is 5.92 Å². The van der Waals surface area contributed by atoms with Gasteiger partial charge in [-0.15, -0.1) is 0 Å². The fraction of sp³-hybridized carbons (Fsp3) is 0.867. The van der Waals surface area contributed by atoms with Crippen LogP contribution in [0.2, 0.25) is 0 Å². The van der Waals surface area contributed by atoms with Crippen LogP contribution in [0.15, 0.2) is 0 Å². The van der Waals surface area contributed by atoms with Crippen LogP contribution in [-0.2, 0) is 4.79 Å². The molecule has 0 saturated heterocycles. The molecule has 1 saturated carbocycles. The van der Waals surface area contributed by atoms with Crippen molar-refractivity contribution in [1.29, 1.82) is 0 Å². The van der Waals surface area contributed by atoms with Crippen LogP contribution in [0.1, 0.15) is 51.9 Å². The summed E-state index contributed by atoms with van der Waals surface area (Å²) in [7, 11) is 1.69. The predicted molar refractivity (Wildman–Crippen MR) is 80.1 cm³/mol. The number of nitrogens with zero attached hydrogens (tertiary/aromatic N) is 1. The van der Waals surface area contributed by atoms with Gasteiger partial charge in [-0.25, -0.2) is 4.79 Å². The Hall–Kier alpha value is -1.30. The topological polar surface area (TPSA) is 89.9 Å². The fourth-order valence-corrected chi connectivity index (χ4v) is 2.78. The van der Waals surface area contributed by atoms with E-state index in [0.717, 1.165) is 32.1 Å². The lowest BCUT2D eigenvalue weighted by Gasteiger charge is -2.28. The maximum atomic E-state index is 11.9. The Kier molecular flexibility index (Phi) is 6.95. The highest BCUT2D eigenvalue weighted by atomic mass is 16.4. The first kappa shape index (κ1) is 17.8. The second kappa shape index (κ2) is 8.22. The van der Waals surface area contributed by atoms with Crippen LogP contribution in [-0.4, -0.2) is 52.9 Å². The van der Waals surface area contributed by atoms with Gasteiger partial charge in [-0.2, -0.15) is 0 Å². The Balaban J connectivity index is 2.19. The van der Waals surface area contributed by atoms with Crippen molar-refractivity contribution in [3.05, 3.63) is 0 Å². The highest BCUT2D eigenvalue weighted by Crippen LogP contribution is 2.29. The van der Waals surface area contributed by atoms with Gasteiger partial charge in [0.1, 0.15) is 0 Å². The number of carbonyl (C=O) groups excluding carboxylic acids is 1. The molecule has 0 aromatic carbocycles. The molecule has 6 heteroatoms. The molecule has 0 aromatic heterocycles. The molecule has 6 nitrogen and oxygen atoms in total. The van der Waals surface area contributed by atoms with Gasteiger partial charge in [0.05, 0.1) is 12.1 Å². The van der Waals surface area contributed by atoms with E-state index < -0.39 is 11.6 Å². The van der Waals surface area contributed by atoms with Crippen molar-refractivity contribution < 1.29 is 19.8 Å². The van der Waals surface area contributed by atoms with Crippen LogP contribution >= 0.6 is 0 Å². The summed E-state index contributed by atoms with van der Waals surface area (Å²) < 4.78 is 0. The molecule has 1 fully saturated rings. The number of carbonyl (C=O) groups is 2. The molecule has 0 heterocycles. The monoisotopic (exact) mass is 300 g/mol. The van der Waals surface area contributed by atoms with E-state index in [1.165, 1.54) is 4.90 Å². The second-order valence-corrected chi connectivity index (χ2v) is 6.35. The SMILES string of the molecule is CC(CCNC(=O)N(C)CC1(O)CCCC1)CCC(=O)O. The largest absolute Gasteiger partial charge is 0.481 e. The summed E-state index contributed by atoms with van der Waals surface area (Å²) in [6, 6.07) is -0.180. The zero-order valence-electron chi connectivity index (χ0n) is 13.1. The molecule has 1 aliphatic carbocycles. The summed E-state index contributed by atoms with van der Waals surface area (Å²) in [6.07, 6.45) is 5.12. The summed E-state index contributed by atoms with van der Waals surface area (Å²) in [5.41, 5.74) is -0.721. The van der Waals surface area contributed by atoms with Gasteiger partial charge >= 0.3 is 12.0 Å². The summed E-state index contributed by atoms with van der Waals surface area (Å²) in [5.74, 6) is -0.513. The molecule has 1 aliphatic rings. The number of nitrogens with one attached hydrogen (secondary N) is 1. The third-order valence-corrected chi connectivity index (χ3v) is 4.18. The first-order valence-corrected chi connectivity index (χ1v) is 7.75. The molecule has 1 rings (SSSR count). The lowest BCUT2D eigenvalue weighted by Crippen LogP contribution is -2.46. The highest BCUT2D eigenvalue weighted by molar-refractivity contribution is 5.73. The van der Waals surface area contributed by atoms with Crippen LogP contribution in [0, 0.1) is 5.92 Å². The first-order valence-electron chi connectivity index (χ1n) is 7.75. The summed E-state index contributed by atoms with van der Waals surface area (Å²) in [5, 5.41) is 21.7. The summed E-state index contributed by atoms with van der Waals surface area (Å²) in [6.45, 7) is 2.88. The van der Waals surface area contributed by atoms with Gasteiger partial charge in [0.2, 0.25) is 0 Å². The summed E-state index contributed by atoms with van der Waals surface area (Å²) in [4.78, 5) is 23.9. The van der Waals surface area contributed by atoms with Crippen molar-refractivity contribution in [2.75, 3.05) is 20.1 Å². The van der Waals surface area contributed by atoms with E-state index in [2.05, 4.69) is 5.32 Å². The number of hydrogen-bond acceptors (Lipinski definition) is 3. The molecule has 0 spiro atoms. The zero-order chi connectivity index (χ0) is 15.9. The average molecular weight is 300 g/mol. The minimum Gasteiger partial charge on any atom is -0.481 e. The highest BCUT2D eigenvalue weighted by Gasteiger charge is 2.33.